The minimum atomic E-state index is 0. The summed E-state index contributed by atoms with van der Waals surface area (Å²) in [7, 11) is 1.59. The van der Waals surface area contributed by atoms with Crippen LogP contribution in [0.4, 0.5) is 0 Å². The summed E-state index contributed by atoms with van der Waals surface area (Å²) >= 11 is 7.13. The van der Waals surface area contributed by atoms with Crippen molar-refractivity contribution in [3.63, 3.8) is 0 Å². The third-order valence-electron chi connectivity index (χ3n) is 4.44. The lowest BCUT2D eigenvalue weighted by molar-refractivity contribution is 0.127. The first kappa shape index (κ1) is 24.3. The van der Waals surface area contributed by atoms with Crippen molar-refractivity contribution in [3.05, 3.63) is 20.6 Å². The summed E-state index contributed by atoms with van der Waals surface area (Å²) in [5.41, 5.74) is 1.16. The Morgan fingerprint density at radius 1 is 1.25 bits per heavy atom. The summed E-state index contributed by atoms with van der Waals surface area (Å²) < 4.78 is 6.91. The first-order valence-electron chi connectivity index (χ1n) is 7.70. The summed E-state index contributed by atoms with van der Waals surface area (Å²) in [4.78, 5) is 2.52. The molecule has 4 nitrogen and oxygen atoms in total. The number of benzene rings is 1. The molecule has 8 heteroatoms. The smallest absolute Gasteiger partial charge is 0.173 e. The van der Waals surface area contributed by atoms with Crippen LogP contribution in [0.3, 0.4) is 0 Å². The highest BCUT2D eigenvalue weighted by Gasteiger charge is 2.30. The molecule has 0 bridgehead atoms. The van der Waals surface area contributed by atoms with E-state index in [1.54, 1.807) is 7.11 Å². The standard InChI is InChI=1S/C16H24Br2N2O2.2ClH/c1-4-10(2)15(20-7-5-19-6-8-20)11-9-12(22-3)16(21)14(18)13(11)17;;/h9-10,15,19,21H,4-8H2,1-3H3;2*1H/t10?,15-;;/m0../s1. The average Bonchev–Trinajstić information content (AvgIpc) is 2.55. The van der Waals surface area contributed by atoms with Crippen LogP contribution < -0.4 is 10.1 Å². The maximum absolute atomic E-state index is 10.2. The molecule has 140 valence electrons. The van der Waals surface area contributed by atoms with Crippen molar-refractivity contribution in [2.24, 2.45) is 5.92 Å². The molecule has 1 aromatic carbocycles. The van der Waals surface area contributed by atoms with Gasteiger partial charge in [-0.1, -0.05) is 20.3 Å². The van der Waals surface area contributed by atoms with Gasteiger partial charge in [-0.3, -0.25) is 4.90 Å². The van der Waals surface area contributed by atoms with Crippen LogP contribution >= 0.6 is 56.7 Å². The van der Waals surface area contributed by atoms with E-state index in [9.17, 15) is 5.11 Å². The number of methoxy groups -OCH3 is 1. The van der Waals surface area contributed by atoms with Crippen molar-refractivity contribution in [1.82, 2.24) is 10.2 Å². The van der Waals surface area contributed by atoms with Crippen LogP contribution in [0.2, 0.25) is 0 Å². The molecule has 1 unspecified atom stereocenters. The number of hydrogen-bond acceptors (Lipinski definition) is 4. The SMILES string of the molecule is CCC(C)[C@@H](c1cc(OC)c(O)c(Br)c1Br)N1CCNCC1.Cl.Cl. The summed E-state index contributed by atoms with van der Waals surface area (Å²) in [5, 5.41) is 13.6. The molecule has 0 saturated carbocycles. The number of aromatic hydroxyl groups is 1. The minimum absolute atomic E-state index is 0. The lowest BCUT2D eigenvalue weighted by Gasteiger charge is -2.39. The molecule has 2 atom stereocenters. The molecule has 0 aliphatic carbocycles. The van der Waals surface area contributed by atoms with E-state index in [1.165, 1.54) is 0 Å². The van der Waals surface area contributed by atoms with Crippen molar-refractivity contribution in [2.45, 2.75) is 26.3 Å². The molecule has 2 rings (SSSR count). The topological polar surface area (TPSA) is 44.7 Å². The van der Waals surface area contributed by atoms with Gasteiger partial charge >= 0.3 is 0 Å². The molecule has 1 aromatic rings. The first-order chi connectivity index (χ1) is 10.5. The summed E-state index contributed by atoms with van der Waals surface area (Å²) in [6.45, 7) is 8.60. The van der Waals surface area contributed by atoms with E-state index in [0.29, 0.717) is 22.2 Å². The van der Waals surface area contributed by atoms with E-state index < -0.39 is 0 Å². The molecule has 0 spiro atoms. The van der Waals surface area contributed by atoms with Gasteiger partial charge in [-0.05, 0) is 49.4 Å². The quantitative estimate of drug-likeness (QED) is 0.602. The minimum Gasteiger partial charge on any atom is -0.503 e. The Kier molecular flexibility index (Phi) is 11.2. The molecule has 24 heavy (non-hydrogen) atoms. The number of piperazine rings is 1. The fourth-order valence-corrected chi connectivity index (χ4v) is 3.99. The van der Waals surface area contributed by atoms with Crippen LogP contribution in [-0.2, 0) is 0 Å². The van der Waals surface area contributed by atoms with Gasteiger partial charge < -0.3 is 15.2 Å². The summed E-state index contributed by atoms with van der Waals surface area (Å²) in [5.74, 6) is 1.16. The number of nitrogens with zero attached hydrogens (tertiary/aromatic N) is 1. The average molecular weight is 509 g/mol. The highest BCUT2D eigenvalue weighted by atomic mass is 79.9. The molecular formula is C16H26Br2Cl2N2O2. The predicted octanol–water partition coefficient (Wildman–Crippen LogP) is 4.76. The molecule has 2 N–H and O–H groups in total. The fourth-order valence-electron chi connectivity index (χ4n) is 3.03. The van der Waals surface area contributed by atoms with Gasteiger partial charge in [0.15, 0.2) is 11.5 Å². The largest absolute Gasteiger partial charge is 0.503 e. The Balaban J connectivity index is 0.00000264. The number of nitrogens with one attached hydrogen (secondary N) is 1. The molecule has 1 heterocycles. The van der Waals surface area contributed by atoms with Crippen molar-refractivity contribution in [1.29, 1.82) is 0 Å². The van der Waals surface area contributed by atoms with Crippen molar-refractivity contribution in [2.75, 3.05) is 33.3 Å². The zero-order chi connectivity index (χ0) is 16.3. The Bertz CT molecular complexity index is 529. The molecule has 1 saturated heterocycles. The lowest BCUT2D eigenvalue weighted by Crippen LogP contribution is -2.46. The van der Waals surface area contributed by atoms with Gasteiger partial charge in [-0.15, -0.1) is 24.8 Å². The maximum Gasteiger partial charge on any atom is 0.173 e. The van der Waals surface area contributed by atoms with E-state index in [1.807, 2.05) is 6.07 Å². The second kappa shape index (κ2) is 11.1. The molecule has 0 radical (unpaired) electrons. The van der Waals surface area contributed by atoms with E-state index in [0.717, 1.165) is 42.6 Å². The van der Waals surface area contributed by atoms with Gasteiger partial charge in [0.2, 0.25) is 0 Å². The number of rotatable bonds is 5. The van der Waals surface area contributed by atoms with Crippen molar-refractivity contribution in [3.8, 4) is 11.5 Å². The number of phenolic OH excluding ortho intramolecular Hbond substituents is 1. The Labute approximate surface area is 173 Å². The molecule has 0 amide bonds. The van der Waals surface area contributed by atoms with Crippen LogP contribution in [0.5, 0.6) is 11.5 Å². The van der Waals surface area contributed by atoms with Gasteiger partial charge in [0.1, 0.15) is 0 Å². The summed E-state index contributed by atoms with van der Waals surface area (Å²) in [6, 6.07) is 2.26. The second-order valence-corrected chi connectivity index (χ2v) is 7.35. The van der Waals surface area contributed by atoms with Crippen LogP contribution in [0.25, 0.3) is 0 Å². The highest BCUT2D eigenvalue weighted by Crippen LogP contribution is 2.46. The number of ether oxygens (including phenoxy) is 1. The third-order valence-corrected chi connectivity index (χ3v) is 6.60. The maximum atomic E-state index is 10.2. The molecular weight excluding hydrogens is 483 g/mol. The first-order valence-corrected chi connectivity index (χ1v) is 9.29. The Morgan fingerprint density at radius 3 is 2.33 bits per heavy atom. The van der Waals surface area contributed by atoms with Crippen LogP contribution in [0.15, 0.2) is 15.0 Å². The fraction of sp³-hybridized carbons (Fsp3) is 0.625. The van der Waals surface area contributed by atoms with Gasteiger partial charge in [-0.25, -0.2) is 0 Å². The van der Waals surface area contributed by atoms with Crippen LogP contribution in [-0.4, -0.2) is 43.3 Å². The van der Waals surface area contributed by atoms with Gasteiger partial charge in [0.25, 0.3) is 0 Å². The third kappa shape index (κ3) is 5.15. The van der Waals surface area contributed by atoms with E-state index in [4.69, 9.17) is 4.74 Å². The molecule has 1 fully saturated rings. The zero-order valence-corrected chi connectivity index (χ0v) is 18.9. The lowest BCUT2D eigenvalue weighted by atomic mass is 9.90. The number of halogens is 4. The van der Waals surface area contributed by atoms with Crippen LogP contribution in [0, 0.1) is 5.92 Å². The normalized spacial score (nSPS) is 17.4. The number of hydrogen-bond donors (Lipinski definition) is 2. The highest BCUT2D eigenvalue weighted by molar-refractivity contribution is 9.13. The van der Waals surface area contributed by atoms with Crippen molar-refractivity contribution < 1.29 is 9.84 Å². The predicted molar refractivity (Wildman–Crippen MR) is 111 cm³/mol. The molecule has 1 aliphatic heterocycles. The van der Waals surface area contributed by atoms with Crippen LogP contribution in [0.1, 0.15) is 31.9 Å². The van der Waals surface area contributed by atoms with Gasteiger partial charge in [0, 0.05) is 36.7 Å². The molecule has 0 aromatic heterocycles. The summed E-state index contributed by atoms with van der Waals surface area (Å²) in [6.07, 6.45) is 1.10. The Hall–Kier alpha value is 0.280. The zero-order valence-electron chi connectivity index (χ0n) is 14.1. The van der Waals surface area contributed by atoms with Gasteiger partial charge in [-0.2, -0.15) is 0 Å². The van der Waals surface area contributed by atoms with Crippen molar-refractivity contribution >= 4 is 56.7 Å². The van der Waals surface area contributed by atoms with E-state index in [2.05, 4.69) is 55.9 Å². The van der Waals surface area contributed by atoms with E-state index >= 15 is 0 Å². The Morgan fingerprint density at radius 2 is 1.83 bits per heavy atom. The van der Waals surface area contributed by atoms with Gasteiger partial charge in [0.05, 0.1) is 11.6 Å². The number of phenols is 1. The second-order valence-electron chi connectivity index (χ2n) is 5.76. The molecule has 1 aliphatic rings. The monoisotopic (exact) mass is 506 g/mol. The van der Waals surface area contributed by atoms with E-state index in [-0.39, 0.29) is 30.6 Å².